The normalized spacial score (nSPS) is 10.6. The van der Waals surface area contributed by atoms with Crippen molar-refractivity contribution < 1.29 is 4.79 Å². The van der Waals surface area contributed by atoms with E-state index in [4.69, 9.17) is 11.1 Å². The zero-order chi connectivity index (χ0) is 17.9. The van der Waals surface area contributed by atoms with Gasteiger partial charge in [-0.3, -0.25) is 10.2 Å². The van der Waals surface area contributed by atoms with Gasteiger partial charge in [0.1, 0.15) is 5.78 Å². The van der Waals surface area contributed by atoms with Crippen molar-refractivity contribution in [3.8, 4) is 0 Å². The van der Waals surface area contributed by atoms with Gasteiger partial charge in [0.15, 0.2) is 5.17 Å². The van der Waals surface area contributed by atoms with Crippen LogP contribution in [0.4, 0.5) is 0 Å². The first kappa shape index (κ1) is 19.3. The van der Waals surface area contributed by atoms with Crippen LogP contribution in [0.1, 0.15) is 42.4 Å². The Bertz CT molecular complexity index is 685. The maximum Gasteiger partial charge on any atom is 0.151 e. The summed E-state index contributed by atoms with van der Waals surface area (Å²) in [6.07, 6.45) is 5.37. The summed E-state index contributed by atoms with van der Waals surface area (Å²) in [5.41, 5.74) is 8.93. The first-order chi connectivity index (χ1) is 12.1. The van der Waals surface area contributed by atoms with Crippen molar-refractivity contribution in [2.24, 2.45) is 5.73 Å². The zero-order valence-corrected chi connectivity index (χ0v) is 15.4. The van der Waals surface area contributed by atoms with Gasteiger partial charge >= 0.3 is 0 Å². The summed E-state index contributed by atoms with van der Waals surface area (Å²) in [7, 11) is 0. The van der Waals surface area contributed by atoms with Gasteiger partial charge in [0, 0.05) is 18.6 Å². The number of ketones is 1. The standard InChI is InChI=1S/C21H26N2OS/c22-21(23)25-16-19-13-8-7-12-18(19)15-20(24)14-6-2-5-11-17-9-3-1-4-10-17/h1,3-4,7-10,12-13H,2,5-6,11,14-16H2,(H3,22,23). The number of aryl methyl sites for hydroxylation is 1. The minimum Gasteiger partial charge on any atom is -0.379 e. The predicted molar refractivity (Wildman–Crippen MR) is 107 cm³/mol. The molecule has 132 valence electrons. The maximum atomic E-state index is 12.3. The van der Waals surface area contributed by atoms with Crippen molar-refractivity contribution >= 4 is 22.7 Å². The van der Waals surface area contributed by atoms with Crippen molar-refractivity contribution in [1.82, 2.24) is 0 Å². The molecular formula is C21H26N2OS. The Hall–Kier alpha value is -2.07. The molecule has 0 fully saturated rings. The Morgan fingerprint density at radius 1 is 0.920 bits per heavy atom. The average Bonchev–Trinajstić information content (AvgIpc) is 2.61. The largest absolute Gasteiger partial charge is 0.379 e. The Labute approximate surface area is 154 Å². The van der Waals surface area contributed by atoms with E-state index in [0.717, 1.165) is 36.8 Å². The number of nitrogens with one attached hydrogen (secondary N) is 1. The van der Waals surface area contributed by atoms with Crippen LogP contribution in [0.25, 0.3) is 0 Å². The molecule has 0 aromatic heterocycles. The molecule has 4 heteroatoms. The van der Waals surface area contributed by atoms with E-state index < -0.39 is 0 Å². The highest BCUT2D eigenvalue weighted by Crippen LogP contribution is 2.18. The van der Waals surface area contributed by atoms with Crippen LogP contribution >= 0.6 is 11.8 Å². The Morgan fingerprint density at radius 2 is 1.60 bits per heavy atom. The third-order valence-electron chi connectivity index (χ3n) is 4.15. The van der Waals surface area contributed by atoms with Gasteiger partial charge in [-0.25, -0.2) is 0 Å². The van der Waals surface area contributed by atoms with E-state index in [1.165, 1.54) is 17.3 Å². The van der Waals surface area contributed by atoms with Gasteiger partial charge in [-0.1, -0.05) is 72.8 Å². The number of carbonyl (C=O) groups is 1. The van der Waals surface area contributed by atoms with Crippen LogP contribution < -0.4 is 5.73 Å². The number of benzene rings is 2. The number of Topliss-reactive ketones (excluding diaryl/α,β-unsaturated/α-hetero) is 1. The molecule has 0 spiro atoms. The monoisotopic (exact) mass is 354 g/mol. The molecule has 0 saturated carbocycles. The summed E-state index contributed by atoms with van der Waals surface area (Å²) in [5.74, 6) is 0.940. The van der Waals surface area contributed by atoms with Crippen LogP contribution in [0.15, 0.2) is 54.6 Å². The molecule has 0 aliphatic rings. The number of thioether (sulfide) groups is 1. The van der Waals surface area contributed by atoms with Crippen LogP contribution in [-0.4, -0.2) is 11.0 Å². The van der Waals surface area contributed by atoms with E-state index >= 15 is 0 Å². The van der Waals surface area contributed by atoms with E-state index in [1.807, 2.05) is 30.3 Å². The van der Waals surface area contributed by atoms with Gasteiger partial charge in [-0.05, 0) is 36.0 Å². The third-order valence-corrected chi connectivity index (χ3v) is 4.92. The minimum absolute atomic E-state index is 0.111. The lowest BCUT2D eigenvalue weighted by atomic mass is 9.99. The number of unbranched alkanes of at least 4 members (excludes halogenated alkanes) is 2. The molecule has 0 radical (unpaired) electrons. The molecule has 0 heterocycles. The molecule has 25 heavy (non-hydrogen) atoms. The SMILES string of the molecule is N=C(N)SCc1ccccc1CC(=O)CCCCCc1ccccc1. The Balaban J connectivity index is 1.70. The molecule has 0 amide bonds. The number of carbonyl (C=O) groups excluding carboxylic acids is 1. The van der Waals surface area contributed by atoms with Crippen molar-refractivity contribution in [3.05, 3.63) is 71.3 Å². The van der Waals surface area contributed by atoms with Gasteiger partial charge in [-0.2, -0.15) is 0 Å². The molecule has 0 aliphatic carbocycles. The topological polar surface area (TPSA) is 66.9 Å². The lowest BCUT2D eigenvalue weighted by Crippen LogP contribution is -2.07. The van der Waals surface area contributed by atoms with Gasteiger partial charge in [0.05, 0.1) is 0 Å². The fraction of sp³-hybridized carbons (Fsp3) is 0.333. The third kappa shape index (κ3) is 7.57. The van der Waals surface area contributed by atoms with Crippen LogP contribution in [-0.2, 0) is 23.4 Å². The van der Waals surface area contributed by atoms with Crippen LogP contribution in [0.2, 0.25) is 0 Å². The summed E-state index contributed by atoms with van der Waals surface area (Å²) >= 11 is 1.30. The minimum atomic E-state index is 0.111. The molecule has 0 bridgehead atoms. The van der Waals surface area contributed by atoms with Crippen LogP contribution in [0.3, 0.4) is 0 Å². The molecule has 3 nitrogen and oxygen atoms in total. The van der Waals surface area contributed by atoms with Gasteiger partial charge in [-0.15, -0.1) is 0 Å². The van der Waals surface area contributed by atoms with Crippen molar-refractivity contribution in [2.45, 2.75) is 44.3 Å². The quantitative estimate of drug-likeness (QED) is 0.368. The molecule has 2 rings (SSSR count). The first-order valence-corrected chi connectivity index (χ1v) is 9.73. The fourth-order valence-corrected chi connectivity index (χ4v) is 3.39. The number of nitrogens with two attached hydrogens (primary N) is 1. The van der Waals surface area contributed by atoms with E-state index in [1.54, 1.807) is 0 Å². The smallest absolute Gasteiger partial charge is 0.151 e. The van der Waals surface area contributed by atoms with Gasteiger partial charge in [0.2, 0.25) is 0 Å². The van der Waals surface area contributed by atoms with Crippen LogP contribution in [0, 0.1) is 5.41 Å². The molecule has 0 aliphatic heterocycles. The van der Waals surface area contributed by atoms with E-state index in [0.29, 0.717) is 24.4 Å². The second kappa shape index (κ2) is 10.7. The summed E-state index contributed by atoms with van der Waals surface area (Å²) in [4.78, 5) is 12.3. The molecule has 0 unspecified atom stereocenters. The zero-order valence-electron chi connectivity index (χ0n) is 14.5. The molecule has 2 aromatic rings. The van der Waals surface area contributed by atoms with Crippen molar-refractivity contribution in [1.29, 1.82) is 5.41 Å². The lowest BCUT2D eigenvalue weighted by molar-refractivity contribution is -0.118. The Kier molecular flexibility index (Phi) is 8.26. The molecule has 0 saturated heterocycles. The number of hydrogen-bond acceptors (Lipinski definition) is 3. The molecule has 3 N–H and O–H groups in total. The summed E-state index contributed by atoms with van der Waals surface area (Å²) < 4.78 is 0. The number of rotatable bonds is 10. The van der Waals surface area contributed by atoms with Gasteiger partial charge in [0.25, 0.3) is 0 Å². The highest BCUT2D eigenvalue weighted by Gasteiger charge is 2.08. The second-order valence-corrected chi connectivity index (χ2v) is 7.20. The molecule has 2 aromatic carbocycles. The Morgan fingerprint density at radius 3 is 2.32 bits per heavy atom. The van der Waals surface area contributed by atoms with E-state index in [-0.39, 0.29) is 5.17 Å². The highest BCUT2D eigenvalue weighted by molar-refractivity contribution is 8.13. The maximum absolute atomic E-state index is 12.3. The van der Waals surface area contributed by atoms with Crippen LogP contribution in [0.5, 0.6) is 0 Å². The second-order valence-electron chi connectivity index (χ2n) is 6.18. The summed E-state index contributed by atoms with van der Waals surface area (Å²) in [5, 5.41) is 7.43. The summed E-state index contributed by atoms with van der Waals surface area (Å²) in [6, 6.07) is 18.4. The molecule has 0 atom stereocenters. The number of hydrogen-bond donors (Lipinski definition) is 2. The first-order valence-electron chi connectivity index (χ1n) is 8.74. The van der Waals surface area contributed by atoms with Crippen molar-refractivity contribution in [2.75, 3.05) is 0 Å². The average molecular weight is 355 g/mol. The van der Waals surface area contributed by atoms with E-state index in [9.17, 15) is 4.79 Å². The number of amidine groups is 1. The molecular weight excluding hydrogens is 328 g/mol. The lowest BCUT2D eigenvalue weighted by Gasteiger charge is -2.08. The fourth-order valence-electron chi connectivity index (χ4n) is 2.80. The van der Waals surface area contributed by atoms with E-state index in [2.05, 4.69) is 24.3 Å². The highest BCUT2D eigenvalue weighted by atomic mass is 32.2. The van der Waals surface area contributed by atoms with Gasteiger partial charge < -0.3 is 5.73 Å². The predicted octanol–water partition coefficient (Wildman–Crippen LogP) is 4.73. The van der Waals surface area contributed by atoms with Crippen molar-refractivity contribution in [3.63, 3.8) is 0 Å². The summed E-state index contributed by atoms with van der Waals surface area (Å²) in [6.45, 7) is 0.